The highest BCUT2D eigenvalue weighted by Gasteiger charge is 2.34. The summed E-state index contributed by atoms with van der Waals surface area (Å²) >= 11 is 6.13. The van der Waals surface area contributed by atoms with Gasteiger partial charge in [-0.1, -0.05) is 35.9 Å². The Kier molecular flexibility index (Phi) is 7.03. The molecular weight excluding hydrogens is 499 g/mol. The first kappa shape index (κ1) is 25.1. The van der Waals surface area contributed by atoms with E-state index in [0.29, 0.717) is 39.4 Å². The second-order valence-corrected chi connectivity index (χ2v) is 11.9. The van der Waals surface area contributed by atoms with Crippen molar-refractivity contribution in [2.24, 2.45) is 0 Å². The summed E-state index contributed by atoms with van der Waals surface area (Å²) in [6, 6.07) is 13.4. The van der Waals surface area contributed by atoms with Crippen LogP contribution >= 0.6 is 11.6 Å². The van der Waals surface area contributed by atoms with Crippen LogP contribution in [0.3, 0.4) is 0 Å². The van der Waals surface area contributed by atoms with Gasteiger partial charge in [-0.15, -0.1) is 0 Å². The number of anilines is 2. The predicted octanol–water partition coefficient (Wildman–Crippen LogP) is 5.59. The summed E-state index contributed by atoms with van der Waals surface area (Å²) in [6.07, 6.45) is 3.71. The molecule has 2 unspecified atom stereocenters. The van der Waals surface area contributed by atoms with E-state index >= 15 is 0 Å². The molecule has 2 N–H and O–H groups in total. The van der Waals surface area contributed by atoms with Gasteiger partial charge in [-0.25, -0.2) is 9.37 Å². The van der Waals surface area contributed by atoms with Crippen LogP contribution < -0.4 is 10.2 Å². The summed E-state index contributed by atoms with van der Waals surface area (Å²) in [6.45, 7) is 4.19. The summed E-state index contributed by atoms with van der Waals surface area (Å²) < 4.78 is 26.6. The van der Waals surface area contributed by atoms with E-state index in [2.05, 4.69) is 10.2 Å². The van der Waals surface area contributed by atoms with Crippen molar-refractivity contribution in [3.8, 4) is 0 Å². The molecule has 0 bridgehead atoms. The Bertz CT molecular complexity index is 1260. The zero-order chi connectivity index (χ0) is 25.4. The zero-order valence-electron chi connectivity index (χ0n) is 20.4. The highest BCUT2D eigenvalue weighted by molar-refractivity contribution is 7.85. The smallest absolute Gasteiger partial charge is 0.228 e. The zero-order valence-corrected chi connectivity index (χ0v) is 21.9. The molecule has 6 nitrogen and oxygen atoms in total. The van der Waals surface area contributed by atoms with Gasteiger partial charge in [0, 0.05) is 23.7 Å². The van der Waals surface area contributed by atoms with Crippen molar-refractivity contribution in [3.05, 3.63) is 76.2 Å². The SMILES string of the molecule is CC(C)(O)[C@H](Nc1nc(N2CCCCC2c2ccc(Cl)cc2)nc2c1S(=O)CC2)c1ccc(F)cc1. The number of benzene rings is 2. The number of halogens is 2. The van der Waals surface area contributed by atoms with Crippen LogP contribution in [-0.4, -0.2) is 37.2 Å². The molecule has 0 saturated carbocycles. The molecule has 5 rings (SSSR count). The van der Waals surface area contributed by atoms with Gasteiger partial charge in [0.1, 0.15) is 16.5 Å². The van der Waals surface area contributed by atoms with E-state index in [0.717, 1.165) is 37.1 Å². The number of nitrogens with zero attached hydrogens (tertiary/aromatic N) is 3. The Morgan fingerprint density at radius 3 is 2.56 bits per heavy atom. The van der Waals surface area contributed by atoms with Crippen LogP contribution in [0.2, 0.25) is 5.02 Å². The van der Waals surface area contributed by atoms with Crippen LogP contribution in [0.25, 0.3) is 0 Å². The fraction of sp³-hybridized carbons (Fsp3) is 0.407. The molecular formula is C27H30ClFN4O2S. The molecule has 2 aliphatic rings. The molecule has 0 spiro atoms. The van der Waals surface area contributed by atoms with Gasteiger partial charge >= 0.3 is 0 Å². The third-order valence-electron chi connectivity index (χ3n) is 6.88. The summed E-state index contributed by atoms with van der Waals surface area (Å²) in [5.74, 6) is 1.19. The molecule has 1 aromatic heterocycles. The predicted molar refractivity (Wildman–Crippen MR) is 141 cm³/mol. The fourth-order valence-corrected chi connectivity index (χ4v) is 6.51. The van der Waals surface area contributed by atoms with E-state index in [-0.39, 0.29) is 11.9 Å². The van der Waals surface area contributed by atoms with Gasteiger partial charge in [0.25, 0.3) is 0 Å². The molecule has 0 amide bonds. The van der Waals surface area contributed by atoms with Crippen LogP contribution in [0.1, 0.15) is 62.0 Å². The van der Waals surface area contributed by atoms with Crippen molar-refractivity contribution < 1.29 is 13.7 Å². The van der Waals surface area contributed by atoms with Gasteiger partial charge in [-0.2, -0.15) is 4.98 Å². The molecule has 3 heterocycles. The first-order chi connectivity index (χ1) is 17.2. The van der Waals surface area contributed by atoms with Crippen molar-refractivity contribution in [2.45, 2.75) is 62.1 Å². The van der Waals surface area contributed by atoms with Crippen LogP contribution in [-0.2, 0) is 17.2 Å². The molecule has 0 radical (unpaired) electrons. The Morgan fingerprint density at radius 1 is 1.14 bits per heavy atom. The number of aromatic nitrogens is 2. The average Bonchev–Trinajstić information content (AvgIpc) is 3.24. The normalized spacial score (nSPS) is 20.8. The summed E-state index contributed by atoms with van der Waals surface area (Å²) in [7, 11) is -1.24. The average molecular weight is 529 g/mol. The number of nitrogens with one attached hydrogen (secondary N) is 1. The van der Waals surface area contributed by atoms with Gasteiger partial charge < -0.3 is 15.3 Å². The summed E-state index contributed by atoms with van der Waals surface area (Å²) in [4.78, 5) is 12.6. The van der Waals surface area contributed by atoms with Crippen molar-refractivity contribution in [1.29, 1.82) is 0 Å². The highest BCUT2D eigenvalue weighted by atomic mass is 35.5. The molecule has 9 heteroatoms. The Morgan fingerprint density at radius 2 is 1.86 bits per heavy atom. The summed E-state index contributed by atoms with van der Waals surface area (Å²) in [5, 5.41) is 15.1. The number of piperidine rings is 1. The van der Waals surface area contributed by atoms with Gasteiger partial charge in [-0.3, -0.25) is 4.21 Å². The van der Waals surface area contributed by atoms with Crippen LogP contribution in [0.4, 0.5) is 16.2 Å². The number of aryl methyl sites for hydroxylation is 1. The van der Waals surface area contributed by atoms with E-state index in [9.17, 15) is 13.7 Å². The minimum atomic E-state index is -1.24. The number of fused-ring (bicyclic) bond motifs is 1. The topological polar surface area (TPSA) is 78.3 Å². The quantitative estimate of drug-likeness (QED) is 0.434. The van der Waals surface area contributed by atoms with E-state index in [1.807, 2.05) is 24.3 Å². The first-order valence-electron chi connectivity index (χ1n) is 12.3. The maximum absolute atomic E-state index is 13.6. The minimum absolute atomic E-state index is 0.107. The Balaban J connectivity index is 1.56. The van der Waals surface area contributed by atoms with Gasteiger partial charge in [0.05, 0.1) is 34.2 Å². The lowest BCUT2D eigenvalue weighted by Crippen LogP contribution is -2.36. The van der Waals surface area contributed by atoms with Crippen molar-refractivity contribution >= 4 is 34.2 Å². The van der Waals surface area contributed by atoms with E-state index in [4.69, 9.17) is 21.6 Å². The van der Waals surface area contributed by atoms with Gasteiger partial charge in [-0.05, 0) is 68.5 Å². The summed E-state index contributed by atoms with van der Waals surface area (Å²) in [5.41, 5.74) is 1.43. The Labute approximate surface area is 218 Å². The lowest BCUT2D eigenvalue weighted by atomic mass is 9.92. The van der Waals surface area contributed by atoms with Crippen LogP contribution in [0.15, 0.2) is 53.4 Å². The van der Waals surface area contributed by atoms with Gasteiger partial charge in [0.15, 0.2) is 0 Å². The van der Waals surface area contributed by atoms with E-state index in [1.165, 1.54) is 12.1 Å². The number of aliphatic hydroxyl groups is 1. The molecule has 3 atom stereocenters. The molecule has 190 valence electrons. The minimum Gasteiger partial charge on any atom is -0.388 e. The Hall–Kier alpha value is -2.55. The number of rotatable bonds is 6. The standard InChI is InChI=1S/C27H30ClFN4O2S/c1-27(2,34)24(18-8-12-20(29)13-9-18)31-25-23-21(14-16-36(23)35)30-26(32-25)33-15-4-3-5-22(33)17-6-10-19(28)11-7-17/h6-13,22,24,34H,3-5,14-16H2,1-2H3,(H,30,31,32)/t22?,24-,36?/m1/s1. The van der Waals surface area contributed by atoms with Crippen molar-refractivity contribution in [2.75, 3.05) is 22.5 Å². The number of hydrogen-bond acceptors (Lipinski definition) is 6. The molecule has 1 fully saturated rings. The first-order valence-corrected chi connectivity index (χ1v) is 14.0. The van der Waals surface area contributed by atoms with Gasteiger partial charge in [0.2, 0.25) is 5.95 Å². The van der Waals surface area contributed by atoms with E-state index < -0.39 is 22.4 Å². The monoisotopic (exact) mass is 528 g/mol. The number of hydrogen-bond donors (Lipinski definition) is 2. The molecule has 3 aromatic rings. The molecule has 2 aliphatic heterocycles. The lowest BCUT2D eigenvalue weighted by molar-refractivity contribution is 0.0586. The second-order valence-electron chi connectivity index (χ2n) is 9.99. The third kappa shape index (κ3) is 5.12. The third-order valence-corrected chi connectivity index (χ3v) is 8.59. The highest BCUT2D eigenvalue weighted by Crippen LogP contribution is 2.39. The molecule has 1 saturated heterocycles. The lowest BCUT2D eigenvalue weighted by Gasteiger charge is -2.37. The molecule has 0 aliphatic carbocycles. The van der Waals surface area contributed by atoms with Crippen LogP contribution in [0, 0.1) is 5.82 Å². The molecule has 36 heavy (non-hydrogen) atoms. The van der Waals surface area contributed by atoms with Crippen LogP contribution in [0.5, 0.6) is 0 Å². The second kappa shape index (κ2) is 10.1. The molecule has 2 aromatic carbocycles. The van der Waals surface area contributed by atoms with Crippen molar-refractivity contribution in [1.82, 2.24) is 9.97 Å². The van der Waals surface area contributed by atoms with E-state index in [1.54, 1.807) is 26.0 Å². The fourth-order valence-electron chi connectivity index (χ4n) is 5.07. The maximum atomic E-state index is 13.6. The van der Waals surface area contributed by atoms with Crippen molar-refractivity contribution in [3.63, 3.8) is 0 Å². The maximum Gasteiger partial charge on any atom is 0.228 e. The largest absolute Gasteiger partial charge is 0.388 e.